The molecule has 1 amide bonds. The summed E-state index contributed by atoms with van der Waals surface area (Å²) in [6.07, 6.45) is 3.93. The number of amides is 1. The van der Waals surface area contributed by atoms with Crippen molar-refractivity contribution in [3.05, 3.63) is 60.2 Å². The van der Waals surface area contributed by atoms with Gasteiger partial charge in [0.25, 0.3) is 0 Å². The molecule has 0 saturated carbocycles. The summed E-state index contributed by atoms with van der Waals surface area (Å²) in [5.74, 6) is 1.58. The summed E-state index contributed by atoms with van der Waals surface area (Å²) in [4.78, 5) is 12.1. The monoisotopic (exact) mass is 338 g/mol. The molecule has 1 aliphatic heterocycles. The Bertz CT molecular complexity index is 649. The number of ether oxygens (including phenoxy) is 1. The van der Waals surface area contributed by atoms with Crippen LogP contribution in [0.3, 0.4) is 0 Å². The number of piperidine rings is 1. The second-order valence-electron chi connectivity index (χ2n) is 6.58. The predicted molar refractivity (Wildman–Crippen MR) is 101 cm³/mol. The molecule has 2 aromatic carbocycles. The van der Waals surface area contributed by atoms with Gasteiger partial charge >= 0.3 is 0 Å². The lowest BCUT2D eigenvalue weighted by molar-refractivity contribution is -0.116. The van der Waals surface area contributed by atoms with Crippen molar-refractivity contribution in [2.75, 3.05) is 18.4 Å². The van der Waals surface area contributed by atoms with E-state index in [1.54, 1.807) is 0 Å². The molecule has 0 aliphatic carbocycles. The fourth-order valence-electron chi connectivity index (χ4n) is 3.10. The van der Waals surface area contributed by atoms with Crippen molar-refractivity contribution in [2.24, 2.45) is 5.92 Å². The molecule has 1 fully saturated rings. The summed E-state index contributed by atoms with van der Waals surface area (Å²) in [6.45, 7) is 2.70. The van der Waals surface area contributed by atoms with Crippen molar-refractivity contribution in [3.63, 3.8) is 0 Å². The first-order chi connectivity index (χ1) is 12.3. The van der Waals surface area contributed by atoms with E-state index in [0.29, 0.717) is 18.9 Å². The van der Waals surface area contributed by atoms with Crippen LogP contribution in [0.25, 0.3) is 0 Å². The maximum atomic E-state index is 12.1. The quantitative estimate of drug-likeness (QED) is 0.803. The summed E-state index contributed by atoms with van der Waals surface area (Å²) in [7, 11) is 0. The molecule has 0 unspecified atom stereocenters. The minimum absolute atomic E-state index is 0.0940. The number of anilines is 1. The highest BCUT2D eigenvalue weighted by atomic mass is 16.5. The lowest BCUT2D eigenvalue weighted by Crippen LogP contribution is -2.28. The summed E-state index contributed by atoms with van der Waals surface area (Å²) < 4.78 is 5.76. The predicted octanol–water partition coefficient (Wildman–Crippen LogP) is 3.98. The van der Waals surface area contributed by atoms with Crippen LogP contribution < -0.4 is 15.4 Å². The number of hydrogen-bond acceptors (Lipinski definition) is 3. The van der Waals surface area contributed by atoms with Gasteiger partial charge in [0.15, 0.2) is 0 Å². The van der Waals surface area contributed by atoms with Crippen LogP contribution in [0.2, 0.25) is 0 Å². The van der Waals surface area contributed by atoms with Gasteiger partial charge in [0.1, 0.15) is 12.4 Å². The number of carbonyl (C=O) groups excluding carboxylic acids is 1. The number of rotatable bonds is 7. The first-order valence-corrected chi connectivity index (χ1v) is 9.07. The van der Waals surface area contributed by atoms with Gasteiger partial charge in [0.05, 0.1) is 0 Å². The topological polar surface area (TPSA) is 50.4 Å². The third kappa shape index (κ3) is 5.91. The van der Waals surface area contributed by atoms with Gasteiger partial charge < -0.3 is 15.4 Å². The van der Waals surface area contributed by atoms with Crippen molar-refractivity contribution in [1.82, 2.24) is 5.32 Å². The van der Waals surface area contributed by atoms with Crippen LogP contribution in [0, 0.1) is 5.92 Å². The SMILES string of the molecule is O=C(CCC1CCNCC1)Nc1ccc(OCc2ccccc2)cc1. The van der Waals surface area contributed by atoms with Crippen molar-refractivity contribution >= 4 is 11.6 Å². The van der Waals surface area contributed by atoms with E-state index in [2.05, 4.69) is 10.6 Å². The van der Waals surface area contributed by atoms with Crippen LogP contribution in [0.4, 0.5) is 5.69 Å². The maximum Gasteiger partial charge on any atom is 0.224 e. The van der Waals surface area contributed by atoms with Crippen molar-refractivity contribution in [3.8, 4) is 5.75 Å². The summed E-state index contributed by atoms with van der Waals surface area (Å²) in [6, 6.07) is 17.6. The van der Waals surface area contributed by atoms with Crippen LogP contribution in [0.1, 0.15) is 31.2 Å². The molecule has 0 radical (unpaired) electrons. The molecule has 132 valence electrons. The second kappa shape index (κ2) is 9.23. The zero-order chi connectivity index (χ0) is 17.3. The Morgan fingerprint density at radius 3 is 2.48 bits per heavy atom. The van der Waals surface area contributed by atoms with E-state index in [1.807, 2.05) is 54.6 Å². The Morgan fingerprint density at radius 2 is 1.76 bits per heavy atom. The Balaban J connectivity index is 1.41. The lowest BCUT2D eigenvalue weighted by atomic mass is 9.93. The Morgan fingerprint density at radius 1 is 1.04 bits per heavy atom. The molecule has 25 heavy (non-hydrogen) atoms. The normalized spacial score (nSPS) is 14.9. The highest BCUT2D eigenvalue weighted by Gasteiger charge is 2.14. The van der Waals surface area contributed by atoms with Crippen LogP contribution >= 0.6 is 0 Å². The van der Waals surface area contributed by atoms with Gasteiger partial charge in [-0.2, -0.15) is 0 Å². The van der Waals surface area contributed by atoms with Gasteiger partial charge in [0.2, 0.25) is 5.91 Å². The molecule has 3 rings (SSSR count). The van der Waals surface area contributed by atoms with E-state index >= 15 is 0 Å². The number of carbonyl (C=O) groups is 1. The minimum Gasteiger partial charge on any atom is -0.489 e. The van der Waals surface area contributed by atoms with E-state index in [9.17, 15) is 4.79 Å². The van der Waals surface area contributed by atoms with Gasteiger partial charge in [-0.05, 0) is 68.1 Å². The Labute approximate surface area is 149 Å². The van der Waals surface area contributed by atoms with Crippen LogP contribution in [0.15, 0.2) is 54.6 Å². The molecular weight excluding hydrogens is 312 g/mol. The van der Waals surface area contributed by atoms with Crippen LogP contribution in [0.5, 0.6) is 5.75 Å². The summed E-state index contributed by atoms with van der Waals surface area (Å²) in [5.41, 5.74) is 1.96. The second-order valence-corrected chi connectivity index (χ2v) is 6.58. The number of hydrogen-bond donors (Lipinski definition) is 2. The van der Waals surface area contributed by atoms with Gasteiger partial charge in [0, 0.05) is 12.1 Å². The van der Waals surface area contributed by atoms with Gasteiger partial charge in [-0.3, -0.25) is 4.79 Å². The molecule has 2 aromatic rings. The van der Waals surface area contributed by atoms with Gasteiger partial charge in [-0.1, -0.05) is 30.3 Å². The van der Waals surface area contributed by atoms with Gasteiger partial charge in [-0.25, -0.2) is 0 Å². The van der Waals surface area contributed by atoms with Crippen molar-refractivity contribution in [1.29, 1.82) is 0 Å². The molecule has 0 spiro atoms. The molecule has 0 atom stereocenters. The van der Waals surface area contributed by atoms with Crippen LogP contribution in [-0.4, -0.2) is 19.0 Å². The van der Waals surface area contributed by atoms with E-state index < -0.39 is 0 Å². The van der Waals surface area contributed by atoms with E-state index in [0.717, 1.165) is 36.5 Å². The third-order valence-corrected chi connectivity index (χ3v) is 4.62. The average molecular weight is 338 g/mol. The number of benzene rings is 2. The Kier molecular flexibility index (Phi) is 6.46. The smallest absolute Gasteiger partial charge is 0.224 e. The average Bonchev–Trinajstić information content (AvgIpc) is 2.67. The van der Waals surface area contributed by atoms with E-state index in [4.69, 9.17) is 4.74 Å². The highest BCUT2D eigenvalue weighted by molar-refractivity contribution is 5.90. The molecule has 1 aliphatic rings. The Hall–Kier alpha value is -2.33. The van der Waals surface area contributed by atoms with Gasteiger partial charge in [-0.15, -0.1) is 0 Å². The van der Waals surface area contributed by atoms with Crippen LogP contribution in [-0.2, 0) is 11.4 Å². The first-order valence-electron chi connectivity index (χ1n) is 9.07. The molecular formula is C21H26N2O2. The lowest BCUT2D eigenvalue weighted by Gasteiger charge is -2.22. The van der Waals surface area contributed by atoms with Crippen molar-refractivity contribution < 1.29 is 9.53 Å². The molecule has 1 heterocycles. The molecule has 4 nitrogen and oxygen atoms in total. The van der Waals surface area contributed by atoms with E-state index in [-0.39, 0.29) is 5.91 Å². The molecule has 2 N–H and O–H groups in total. The molecule has 1 saturated heterocycles. The van der Waals surface area contributed by atoms with E-state index in [1.165, 1.54) is 12.8 Å². The highest BCUT2D eigenvalue weighted by Crippen LogP contribution is 2.20. The number of nitrogens with one attached hydrogen (secondary N) is 2. The minimum atomic E-state index is 0.0940. The zero-order valence-electron chi connectivity index (χ0n) is 14.5. The fourth-order valence-corrected chi connectivity index (χ4v) is 3.10. The molecule has 0 bridgehead atoms. The summed E-state index contributed by atoms with van der Waals surface area (Å²) >= 11 is 0. The largest absolute Gasteiger partial charge is 0.489 e. The maximum absolute atomic E-state index is 12.1. The fraction of sp³-hybridized carbons (Fsp3) is 0.381. The molecule has 4 heteroatoms. The standard InChI is InChI=1S/C21H26N2O2/c24-21(11-6-17-12-14-22-15-13-17)23-19-7-9-20(10-8-19)25-16-18-4-2-1-3-5-18/h1-5,7-10,17,22H,6,11-16H2,(H,23,24). The third-order valence-electron chi connectivity index (χ3n) is 4.62. The summed E-state index contributed by atoms with van der Waals surface area (Å²) in [5, 5.41) is 6.33. The first kappa shape index (κ1) is 17.5. The molecule has 0 aromatic heterocycles. The van der Waals surface area contributed by atoms with Crippen molar-refractivity contribution in [2.45, 2.75) is 32.3 Å². The zero-order valence-corrected chi connectivity index (χ0v) is 14.5.